The minimum Gasteiger partial charge on any atom is -0.394 e. The first-order chi connectivity index (χ1) is 9.54. The maximum Gasteiger partial charge on any atom is 0.248 e. The van der Waals surface area contributed by atoms with Gasteiger partial charge < -0.3 is 20.6 Å². The molecule has 3 N–H and O–H groups in total. The van der Waals surface area contributed by atoms with E-state index in [4.69, 9.17) is 5.73 Å². The molecule has 3 unspecified atom stereocenters. The van der Waals surface area contributed by atoms with Crippen molar-refractivity contribution in [3.05, 3.63) is 23.8 Å². The number of anilines is 2. The molecule has 0 radical (unpaired) electrons. The molecule has 1 fully saturated rings. The summed E-state index contributed by atoms with van der Waals surface area (Å²) in [6.07, 6.45) is 1.08. The Hall–Kier alpha value is -1.59. The Morgan fingerprint density at radius 1 is 1.45 bits per heavy atom. The third kappa shape index (κ3) is 1.81. The predicted molar refractivity (Wildman–Crippen MR) is 78.8 cm³/mol. The van der Waals surface area contributed by atoms with Crippen LogP contribution in [-0.4, -0.2) is 37.3 Å². The van der Waals surface area contributed by atoms with Crippen LogP contribution in [-0.2, 0) is 4.79 Å². The lowest BCUT2D eigenvalue weighted by molar-refractivity contribution is -0.118. The molecule has 5 heteroatoms. The van der Waals surface area contributed by atoms with E-state index in [1.165, 1.54) is 0 Å². The van der Waals surface area contributed by atoms with Crippen molar-refractivity contribution in [1.82, 2.24) is 0 Å². The molecule has 0 aromatic heterocycles. The van der Waals surface area contributed by atoms with E-state index in [1.54, 1.807) is 11.9 Å². The zero-order valence-electron chi connectivity index (χ0n) is 11.9. The average Bonchev–Trinajstić information content (AvgIpc) is 2.93. The van der Waals surface area contributed by atoms with Gasteiger partial charge in [0.1, 0.15) is 6.04 Å². The molecule has 1 aromatic carbocycles. The molecule has 3 rings (SSSR count). The van der Waals surface area contributed by atoms with E-state index in [9.17, 15) is 9.90 Å². The molecule has 0 bridgehead atoms. The van der Waals surface area contributed by atoms with E-state index in [1.807, 2.05) is 18.2 Å². The van der Waals surface area contributed by atoms with Gasteiger partial charge in [-0.3, -0.25) is 4.79 Å². The second-order valence-electron chi connectivity index (χ2n) is 5.83. The molecule has 2 aliphatic rings. The molecular formula is C15H21N3O2. The van der Waals surface area contributed by atoms with Gasteiger partial charge in [-0.05, 0) is 24.5 Å². The van der Waals surface area contributed by atoms with Crippen LogP contribution in [0.5, 0.6) is 0 Å². The minimum absolute atomic E-state index is 0.0642. The molecule has 1 amide bonds. The van der Waals surface area contributed by atoms with Crippen LogP contribution in [0.3, 0.4) is 0 Å². The third-order valence-electron chi connectivity index (χ3n) is 4.71. The molecule has 2 aliphatic heterocycles. The highest BCUT2D eigenvalue weighted by Crippen LogP contribution is 2.38. The highest BCUT2D eigenvalue weighted by atomic mass is 16.3. The van der Waals surface area contributed by atoms with Crippen molar-refractivity contribution < 1.29 is 9.90 Å². The third-order valence-corrected chi connectivity index (χ3v) is 4.71. The van der Waals surface area contributed by atoms with Crippen molar-refractivity contribution in [2.75, 3.05) is 30.0 Å². The van der Waals surface area contributed by atoms with Crippen molar-refractivity contribution in [2.24, 2.45) is 11.7 Å². The summed E-state index contributed by atoms with van der Waals surface area (Å²) in [7, 11) is 1.76. The summed E-state index contributed by atoms with van der Waals surface area (Å²) in [5, 5.41) is 9.57. The van der Waals surface area contributed by atoms with Crippen LogP contribution in [0.4, 0.5) is 11.4 Å². The Morgan fingerprint density at radius 3 is 2.90 bits per heavy atom. The lowest BCUT2D eigenvalue weighted by atomic mass is 10.0. The number of benzene rings is 1. The van der Waals surface area contributed by atoms with Gasteiger partial charge in [0.25, 0.3) is 0 Å². The number of carbonyl (C=O) groups is 1. The Morgan fingerprint density at radius 2 is 2.20 bits per heavy atom. The number of carbonyl (C=O) groups excluding carboxylic acids is 1. The molecule has 0 aliphatic carbocycles. The molecule has 3 atom stereocenters. The number of hydrogen-bond donors (Lipinski definition) is 2. The monoisotopic (exact) mass is 275 g/mol. The van der Waals surface area contributed by atoms with Gasteiger partial charge in [0.15, 0.2) is 0 Å². The number of rotatable bonds is 2. The van der Waals surface area contributed by atoms with Gasteiger partial charge in [0.2, 0.25) is 5.91 Å². The number of aliphatic hydroxyl groups excluding tert-OH is 1. The zero-order valence-corrected chi connectivity index (χ0v) is 11.9. The van der Waals surface area contributed by atoms with Crippen LogP contribution >= 0.6 is 0 Å². The van der Waals surface area contributed by atoms with E-state index in [0.29, 0.717) is 5.92 Å². The molecule has 2 heterocycles. The number of likely N-dealkylation sites (N-methyl/N-ethyl adjacent to an activating group) is 1. The van der Waals surface area contributed by atoms with Crippen LogP contribution < -0.4 is 15.5 Å². The smallest absolute Gasteiger partial charge is 0.248 e. The van der Waals surface area contributed by atoms with Crippen LogP contribution in [0.1, 0.15) is 24.9 Å². The molecule has 0 spiro atoms. The summed E-state index contributed by atoms with van der Waals surface area (Å²) in [6.45, 7) is 3.27. The Labute approximate surface area is 119 Å². The first kappa shape index (κ1) is 13.4. The molecule has 5 nitrogen and oxygen atoms in total. The summed E-state index contributed by atoms with van der Waals surface area (Å²) < 4.78 is 0. The number of aliphatic hydroxyl groups is 1. The van der Waals surface area contributed by atoms with Crippen LogP contribution in [0.2, 0.25) is 0 Å². The van der Waals surface area contributed by atoms with Gasteiger partial charge >= 0.3 is 0 Å². The van der Waals surface area contributed by atoms with Gasteiger partial charge in [0.05, 0.1) is 18.3 Å². The molecule has 108 valence electrons. The molecular weight excluding hydrogens is 254 g/mol. The summed E-state index contributed by atoms with van der Waals surface area (Å²) in [5.41, 5.74) is 8.74. The van der Waals surface area contributed by atoms with Crippen LogP contribution in [0.15, 0.2) is 18.2 Å². The number of nitrogens with zero attached hydrogens (tertiary/aromatic N) is 2. The van der Waals surface area contributed by atoms with Crippen molar-refractivity contribution in [2.45, 2.75) is 25.4 Å². The number of nitrogens with two attached hydrogens (primary N) is 1. The van der Waals surface area contributed by atoms with Gasteiger partial charge in [-0.25, -0.2) is 0 Å². The van der Waals surface area contributed by atoms with Gasteiger partial charge in [-0.1, -0.05) is 13.0 Å². The lowest BCUT2D eigenvalue weighted by Crippen LogP contribution is -2.35. The fourth-order valence-corrected chi connectivity index (χ4v) is 3.33. The van der Waals surface area contributed by atoms with E-state index < -0.39 is 6.04 Å². The Bertz CT molecular complexity index is 546. The van der Waals surface area contributed by atoms with Crippen molar-refractivity contribution >= 4 is 17.3 Å². The highest BCUT2D eigenvalue weighted by Gasteiger charge is 2.35. The first-order valence-electron chi connectivity index (χ1n) is 7.09. The van der Waals surface area contributed by atoms with Crippen molar-refractivity contribution in [3.8, 4) is 0 Å². The lowest BCUT2D eigenvalue weighted by Gasteiger charge is -2.28. The fraction of sp³-hybridized carbons (Fsp3) is 0.533. The number of fused-ring (bicyclic) bond motifs is 1. The van der Waals surface area contributed by atoms with E-state index in [2.05, 4.69) is 11.8 Å². The largest absolute Gasteiger partial charge is 0.394 e. The summed E-state index contributed by atoms with van der Waals surface area (Å²) >= 11 is 0. The molecule has 1 saturated heterocycles. The topological polar surface area (TPSA) is 69.8 Å². The summed E-state index contributed by atoms with van der Waals surface area (Å²) in [4.78, 5) is 15.8. The van der Waals surface area contributed by atoms with Gasteiger partial charge in [-0.2, -0.15) is 0 Å². The average molecular weight is 275 g/mol. The van der Waals surface area contributed by atoms with Gasteiger partial charge in [-0.15, -0.1) is 0 Å². The molecule has 1 aromatic rings. The minimum atomic E-state index is -0.546. The predicted octanol–water partition coefficient (Wildman–Crippen LogP) is 0.870. The van der Waals surface area contributed by atoms with Crippen molar-refractivity contribution in [3.63, 3.8) is 0 Å². The first-order valence-corrected chi connectivity index (χ1v) is 7.09. The van der Waals surface area contributed by atoms with Crippen molar-refractivity contribution in [1.29, 1.82) is 0 Å². The second kappa shape index (κ2) is 4.75. The van der Waals surface area contributed by atoms with E-state index in [-0.39, 0.29) is 18.6 Å². The van der Waals surface area contributed by atoms with Crippen LogP contribution in [0.25, 0.3) is 0 Å². The maximum absolute atomic E-state index is 11.9. The normalized spacial score (nSPS) is 29.2. The van der Waals surface area contributed by atoms with Crippen LogP contribution in [0, 0.1) is 5.92 Å². The standard InChI is InChI=1S/C15H21N3O2/c1-9-5-6-18(13(9)8-19)10-3-4-11-12(7-10)17(2)15(20)14(11)16/h3-4,7,9,13-14,19H,5-6,8,16H2,1-2H3. The number of amides is 1. The Kier molecular flexibility index (Phi) is 3.18. The zero-order chi connectivity index (χ0) is 14.4. The van der Waals surface area contributed by atoms with Gasteiger partial charge in [0, 0.05) is 24.8 Å². The molecule has 0 saturated carbocycles. The Balaban J connectivity index is 1.96. The number of hydrogen-bond acceptors (Lipinski definition) is 4. The quantitative estimate of drug-likeness (QED) is 0.840. The SMILES string of the molecule is CC1CCN(c2ccc3c(c2)N(C)C(=O)C3N)C1CO. The van der Waals surface area contributed by atoms with E-state index >= 15 is 0 Å². The summed E-state index contributed by atoms with van der Waals surface area (Å²) in [5.74, 6) is 0.417. The van der Waals surface area contributed by atoms with E-state index in [0.717, 1.165) is 29.9 Å². The molecule has 20 heavy (non-hydrogen) atoms. The highest BCUT2D eigenvalue weighted by molar-refractivity contribution is 6.04. The summed E-state index contributed by atoms with van der Waals surface area (Å²) in [6, 6.07) is 5.57. The fourth-order valence-electron chi connectivity index (χ4n) is 3.33. The second-order valence-corrected chi connectivity index (χ2v) is 5.83. The maximum atomic E-state index is 11.9.